The monoisotopic (exact) mass is 218 g/mol. The van der Waals surface area contributed by atoms with E-state index >= 15 is 0 Å². The number of amides is 1. The molecule has 3 heteroatoms. The summed E-state index contributed by atoms with van der Waals surface area (Å²) in [5.41, 5.74) is 1.34. The summed E-state index contributed by atoms with van der Waals surface area (Å²) in [6, 6.07) is 11.2. The zero-order chi connectivity index (χ0) is 11.4. The van der Waals surface area contributed by atoms with Crippen LogP contribution in [0.25, 0.3) is 0 Å². The summed E-state index contributed by atoms with van der Waals surface area (Å²) in [4.78, 5) is 10.9. The molecular weight excluding hydrogens is 200 g/mol. The fraction of sp³-hybridized carbons (Fsp3) is 0.462. The van der Waals surface area contributed by atoms with Crippen LogP contribution < -0.4 is 10.6 Å². The van der Waals surface area contributed by atoms with Crippen molar-refractivity contribution in [2.45, 2.75) is 31.8 Å². The summed E-state index contributed by atoms with van der Waals surface area (Å²) in [5, 5.41) is 6.43. The molecule has 2 atom stereocenters. The molecule has 0 spiro atoms. The first-order valence-corrected chi connectivity index (χ1v) is 5.81. The lowest BCUT2D eigenvalue weighted by molar-refractivity contribution is -0.119. The van der Waals surface area contributed by atoms with E-state index in [1.165, 1.54) is 5.56 Å². The molecule has 86 valence electrons. The van der Waals surface area contributed by atoms with E-state index in [0.717, 1.165) is 19.4 Å². The van der Waals surface area contributed by atoms with Gasteiger partial charge >= 0.3 is 0 Å². The zero-order valence-electron chi connectivity index (χ0n) is 9.57. The maximum atomic E-state index is 10.9. The van der Waals surface area contributed by atoms with E-state index in [1.54, 1.807) is 6.92 Å². The fourth-order valence-electron chi connectivity index (χ4n) is 2.24. The lowest BCUT2D eigenvalue weighted by atomic mass is 9.95. The molecule has 0 saturated carbocycles. The van der Waals surface area contributed by atoms with E-state index in [-0.39, 0.29) is 11.9 Å². The molecule has 1 saturated heterocycles. The van der Waals surface area contributed by atoms with Crippen LogP contribution in [0.5, 0.6) is 0 Å². The molecule has 0 radical (unpaired) electrons. The van der Waals surface area contributed by atoms with E-state index in [9.17, 15) is 4.79 Å². The van der Waals surface area contributed by atoms with Crippen LogP contribution in [0.3, 0.4) is 0 Å². The Morgan fingerprint density at radius 2 is 2.06 bits per heavy atom. The van der Waals surface area contributed by atoms with Gasteiger partial charge in [-0.1, -0.05) is 30.3 Å². The Bertz CT molecular complexity index is 342. The molecular formula is C13H18N2O. The second-order valence-electron chi connectivity index (χ2n) is 4.35. The predicted octanol–water partition coefficient (Wildman–Crippen LogP) is 1.62. The van der Waals surface area contributed by atoms with Gasteiger partial charge in [-0.15, -0.1) is 0 Å². The van der Waals surface area contributed by atoms with Gasteiger partial charge in [-0.3, -0.25) is 4.79 Å². The molecule has 0 bridgehead atoms. The molecule has 1 aliphatic rings. The Balaban J connectivity index is 1.88. The molecule has 0 aromatic heterocycles. The summed E-state index contributed by atoms with van der Waals surface area (Å²) < 4.78 is 0. The third kappa shape index (κ3) is 2.83. The van der Waals surface area contributed by atoms with Crippen molar-refractivity contribution >= 4 is 5.91 Å². The van der Waals surface area contributed by atoms with Crippen molar-refractivity contribution in [2.75, 3.05) is 6.54 Å². The van der Waals surface area contributed by atoms with Crippen molar-refractivity contribution in [3.05, 3.63) is 35.9 Å². The van der Waals surface area contributed by atoms with Crippen molar-refractivity contribution in [1.82, 2.24) is 10.6 Å². The summed E-state index contributed by atoms with van der Waals surface area (Å²) in [7, 11) is 0. The first kappa shape index (κ1) is 11.1. The molecule has 1 aromatic rings. The lowest BCUT2D eigenvalue weighted by Gasteiger charge is -2.30. The van der Waals surface area contributed by atoms with E-state index < -0.39 is 0 Å². The van der Waals surface area contributed by atoms with E-state index in [2.05, 4.69) is 34.9 Å². The number of carbonyl (C=O) groups is 1. The third-order valence-electron chi connectivity index (χ3n) is 3.02. The molecule has 0 aliphatic carbocycles. The number of rotatable bonds is 2. The van der Waals surface area contributed by atoms with Crippen LogP contribution in [0, 0.1) is 0 Å². The molecule has 1 fully saturated rings. The first-order chi connectivity index (χ1) is 7.75. The third-order valence-corrected chi connectivity index (χ3v) is 3.02. The number of nitrogens with one attached hydrogen (secondary N) is 2. The summed E-state index contributed by atoms with van der Waals surface area (Å²) in [5.74, 6) is 0.0601. The molecule has 1 heterocycles. The minimum absolute atomic E-state index is 0.0601. The summed E-state index contributed by atoms with van der Waals surface area (Å²) >= 11 is 0. The maximum Gasteiger partial charge on any atom is 0.217 e. The van der Waals surface area contributed by atoms with Crippen molar-refractivity contribution in [1.29, 1.82) is 0 Å². The minimum atomic E-state index is 0.0601. The number of hydrogen-bond donors (Lipinski definition) is 2. The first-order valence-electron chi connectivity index (χ1n) is 5.81. The average Bonchev–Trinajstić information content (AvgIpc) is 2.30. The number of carbonyl (C=O) groups excluding carboxylic acids is 1. The second-order valence-corrected chi connectivity index (χ2v) is 4.35. The summed E-state index contributed by atoms with van der Waals surface area (Å²) in [6.45, 7) is 2.43. The van der Waals surface area contributed by atoms with Gasteiger partial charge in [-0.05, 0) is 18.4 Å². The summed E-state index contributed by atoms with van der Waals surface area (Å²) in [6.07, 6.45) is 2.13. The Morgan fingerprint density at radius 1 is 1.31 bits per heavy atom. The Labute approximate surface area is 96.2 Å². The minimum Gasteiger partial charge on any atom is -0.352 e. The zero-order valence-corrected chi connectivity index (χ0v) is 9.57. The molecule has 1 aliphatic heterocycles. The van der Waals surface area contributed by atoms with Crippen molar-refractivity contribution in [3.63, 3.8) is 0 Å². The highest BCUT2D eigenvalue weighted by Crippen LogP contribution is 2.22. The molecule has 1 amide bonds. The molecule has 2 rings (SSSR count). The van der Waals surface area contributed by atoms with Crippen molar-refractivity contribution in [3.8, 4) is 0 Å². The van der Waals surface area contributed by atoms with Gasteiger partial charge in [-0.2, -0.15) is 0 Å². The highest BCUT2D eigenvalue weighted by molar-refractivity contribution is 5.73. The maximum absolute atomic E-state index is 10.9. The van der Waals surface area contributed by atoms with Gasteiger partial charge < -0.3 is 10.6 Å². The quantitative estimate of drug-likeness (QED) is 0.792. The number of benzene rings is 1. The molecule has 16 heavy (non-hydrogen) atoms. The van der Waals surface area contributed by atoms with E-state index in [4.69, 9.17) is 0 Å². The van der Waals surface area contributed by atoms with Crippen molar-refractivity contribution < 1.29 is 4.79 Å². The van der Waals surface area contributed by atoms with Crippen LogP contribution >= 0.6 is 0 Å². The number of hydrogen-bond acceptors (Lipinski definition) is 2. The highest BCUT2D eigenvalue weighted by Gasteiger charge is 2.21. The Kier molecular flexibility index (Phi) is 3.57. The largest absolute Gasteiger partial charge is 0.352 e. The number of piperidine rings is 1. The van der Waals surface area contributed by atoms with Crippen LogP contribution in [0.2, 0.25) is 0 Å². The van der Waals surface area contributed by atoms with Gasteiger partial charge in [0.15, 0.2) is 0 Å². The van der Waals surface area contributed by atoms with Crippen molar-refractivity contribution in [2.24, 2.45) is 0 Å². The van der Waals surface area contributed by atoms with Gasteiger partial charge in [0.2, 0.25) is 5.91 Å². The predicted molar refractivity (Wildman–Crippen MR) is 64.0 cm³/mol. The van der Waals surface area contributed by atoms with Crippen LogP contribution in [-0.2, 0) is 4.79 Å². The fourth-order valence-corrected chi connectivity index (χ4v) is 2.24. The van der Waals surface area contributed by atoms with Crippen LogP contribution in [0.4, 0.5) is 0 Å². The van der Waals surface area contributed by atoms with E-state index in [1.807, 2.05) is 6.07 Å². The van der Waals surface area contributed by atoms with Gasteiger partial charge in [0.25, 0.3) is 0 Å². The average molecular weight is 218 g/mol. The molecule has 1 aromatic carbocycles. The lowest BCUT2D eigenvalue weighted by Crippen LogP contribution is -2.46. The van der Waals surface area contributed by atoms with Gasteiger partial charge in [0.1, 0.15) is 0 Å². The van der Waals surface area contributed by atoms with Gasteiger partial charge in [0, 0.05) is 25.6 Å². The Morgan fingerprint density at radius 3 is 2.62 bits per heavy atom. The van der Waals surface area contributed by atoms with E-state index in [0.29, 0.717) is 6.04 Å². The second kappa shape index (κ2) is 5.12. The van der Waals surface area contributed by atoms with Gasteiger partial charge in [-0.25, -0.2) is 0 Å². The molecule has 2 unspecified atom stereocenters. The van der Waals surface area contributed by atoms with Gasteiger partial charge in [0.05, 0.1) is 0 Å². The standard InChI is InChI=1S/C13H18N2O/c1-10(16)15-12-7-8-13(14-9-12)11-5-3-2-4-6-11/h2-6,12-14H,7-9H2,1H3,(H,15,16). The highest BCUT2D eigenvalue weighted by atomic mass is 16.1. The van der Waals surface area contributed by atoms with Crippen LogP contribution in [0.1, 0.15) is 31.4 Å². The van der Waals surface area contributed by atoms with Crippen LogP contribution in [0.15, 0.2) is 30.3 Å². The molecule has 2 N–H and O–H groups in total. The normalized spacial score (nSPS) is 25.1. The smallest absolute Gasteiger partial charge is 0.217 e. The van der Waals surface area contributed by atoms with Crippen LogP contribution in [-0.4, -0.2) is 18.5 Å². The Hall–Kier alpha value is -1.35. The molecule has 3 nitrogen and oxygen atoms in total. The topological polar surface area (TPSA) is 41.1 Å². The SMILES string of the molecule is CC(=O)NC1CCC(c2ccccc2)NC1.